The second kappa shape index (κ2) is 8.31. The molecule has 0 N–H and O–H groups in total. The third-order valence-corrected chi connectivity index (χ3v) is 6.17. The SMILES string of the molecule is COc1ccc(CN2CC[C@]3(CCCN(C(=O)Cc4cccnc4)C3)C2)cc1. The third-order valence-electron chi connectivity index (χ3n) is 6.17. The summed E-state index contributed by atoms with van der Waals surface area (Å²) >= 11 is 0. The van der Waals surface area contributed by atoms with Crippen LogP contribution in [-0.2, 0) is 17.8 Å². The lowest BCUT2D eigenvalue weighted by Crippen LogP contribution is -2.47. The van der Waals surface area contributed by atoms with Crippen LogP contribution in [0.3, 0.4) is 0 Å². The van der Waals surface area contributed by atoms with Crippen LogP contribution in [0.4, 0.5) is 0 Å². The van der Waals surface area contributed by atoms with Crippen molar-refractivity contribution in [2.75, 3.05) is 33.3 Å². The van der Waals surface area contributed by atoms with Gasteiger partial charge in [-0.3, -0.25) is 14.7 Å². The molecular weight excluding hydrogens is 350 g/mol. The Bertz CT molecular complexity index is 793. The maximum atomic E-state index is 12.8. The van der Waals surface area contributed by atoms with Gasteiger partial charge in [0.2, 0.25) is 5.91 Å². The normalized spacial score (nSPS) is 22.5. The van der Waals surface area contributed by atoms with Crippen LogP contribution in [0.1, 0.15) is 30.4 Å². The fourth-order valence-electron chi connectivity index (χ4n) is 4.69. The van der Waals surface area contributed by atoms with Gasteiger partial charge in [0.15, 0.2) is 0 Å². The lowest BCUT2D eigenvalue weighted by atomic mass is 9.79. The van der Waals surface area contributed by atoms with E-state index >= 15 is 0 Å². The number of pyridine rings is 1. The monoisotopic (exact) mass is 379 g/mol. The highest BCUT2D eigenvalue weighted by Gasteiger charge is 2.42. The van der Waals surface area contributed by atoms with Gasteiger partial charge >= 0.3 is 0 Å². The van der Waals surface area contributed by atoms with E-state index in [1.807, 2.05) is 24.3 Å². The molecule has 0 saturated carbocycles. The number of ether oxygens (including phenoxy) is 1. The smallest absolute Gasteiger partial charge is 0.227 e. The van der Waals surface area contributed by atoms with Crippen LogP contribution >= 0.6 is 0 Å². The molecule has 0 aliphatic carbocycles. The number of amides is 1. The van der Waals surface area contributed by atoms with Gasteiger partial charge in [0, 0.05) is 44.0 Å². The number of carbonyl (C=O) groups is 1. The first-order chi connectivity index (χ1) is 13.7. The summed E-state index contributed by atoms with van der Waals surface area (Å²) in [4.78, 5) is 21.6. The average Bonchev–Trinajstić information content (AvgIpc) is 3.10. The van der Waals surface area contributed by atoms with Crippen LogP contribution in [0, 0.1) is 5.41 Å². The zero-order valence-corrected chi connectivity index (χ0v) is 16.6. The van der Waals surface area contributed by atoms with Crippen LogP contribution in [0.15, 0.2) is 48.8 Å². The average molecular weight is 380 g/mol. The molecule has 1 atom stereocenters. The molecule has 2 aliphatic heterocycles. The van der Waals surface area contributed by atoms with Gasteiger partial charge in [0.25, 0.3) is 0 Å². The Labute approximate surface area is 167 Å². The highest BCUT2D eigenvalue weighted by atomic mass is 16.5. The lowest BCUT2D eigenvalue weighted by Gasteiger charge is -2.40. The van der Waals surface area contributed by atoms with E-state index in [-0.39, 0.29) is 11.3 Å². The zero-order chi connectivity index (χ0) is 19.4. The molecule has 2 aliphatic rings. The largest absolute Gasteiger partial charge is 0.497 e. The maximum Gasteiger partial charge on any atom is 0.227 e. The van der Waals surface area contributed by atoms with E-state index in [1.54, 1.807) is 19.5 Å². The van der Waals surface area contributed by atoms with Crippen molar-refractivity contribution in [2.45, 2.75) is 32.2 Å². The van der Waals surface area contributed by atoms with Crippen LogP contribution in [0.5, 0.6) is 5.75 Å². The van der Waals surface area contributed by atoms with Gasteiger partial charge in [-0.1, -0.05) is 18.2 Å². The fraction of sp³-hybridized carbons (Fsp3) is 0.478. The highest BCUT2D eigenvalue weighted by molar-refractivity contribution is 5.78. The minimum absolute atomic E-state index is 0.237. The van der Waals surface area contributed by atoms with Gasteiger partial charge in [-0.2, -0.15) is 0 Å². The van der Waals surface area contributed by atoms with E-state index in [0.29, 0.717) is 6.42 Å². The molecule has 1 amide bonds. The molecule has 1 spiro atoms. The van der Waals surface area contributed by atoms with Crippen molar-refractivity contribution in [2.24, 2.45) is 5.41 Å². The minimum Gasteiger partial charge on any atom is -0.497 e. The molecule has 5 heteroatoms. The Morgan fingerprint density at radius 2 is 1.96 bits per heavy atom. The van der Waals surface area contributed by atoms with Crippen LogP contribution in [0.2, 0.25) is 0 Å². The zero-order valence-electron chi connectivity index (χ0n) is 16.6. The number of piperidine rings is 1. The van der Waals surface area contributed by atoms with Crippen molar-refractivity contribution < 1.29 is 9.53 Å². The maximum absolute atomic E-state index is 12.8. The Balaban J connectivity index is 1.35. The van der Waals surface area contributed by atoms with Gasteiger partial charge in [-0.15, -0.1) is 0 Å². The molecule has 3 heterocycles. The summed E-state index contributed by atoms with van der Waals surface area (Å²) in [6.07, 6.45) is 7.51. The second-order valence-corrected chi connectivity index (χ2v) is 8.27. The quantitative estimate of drug-likeness (QED) is 0.801. The highest BCUT2D eigenvalue weighted by Crippen LogP contribution is 2.39. The summed E-state index contributed by atoms with van der Waals surface area (Å²) in [5.41, 5.74) is 2.58. The van der Waals surface area contributed by atoms with Gasteiger partial charge in [0.1, 0.15) is 5.75 Å². The first-order valence-electron chi connectivity index (χ1n) is 10.2. The molecule has 4 rings (SSSR count). The van der Waals surface area contributed by atoms with Crippen LogP contribution < -0.4 is 4.74 Å². The van der Waals surface area contributed by atoms with Crippen molar-refractivity contribution in [3.8, 4) is 5.75 Å². The van der Waals surface area contributed by atoms with Crippen molar-refractivity contribution in [3.05, 3.63) is 59.9 Å². The van der Waals surface area contributed by atoms with Crippen LogP contribution in [-0.4, -0.2) is 54.0 Å². The molecule has 2 saturated heterocycles. The molecule has 1 aromatic carbocycles. The van der Waals surface area contributed by atoms with Gasteiger partial charge in [0.05, 0.1) is 13.5 Å². The number of aromatic nitrogens is 1. The lowest BCUT2D eigenvalue weighted by molar-refractivity contribution is -0.133. The van der Waals surface area contributed by atoms with E-state index < -0.39 is 0 Å². The van der Waals surface area contributed by atoms with Crippen molar-refractivity contribution in [1.82, 2.24) is 14.8 Å². The molecule has 0 bridgehead atoms. The number of benzene rings is 1. The summed E-state index contributed by atoms with van der Waals surface area (Å²) in [6.45, 7) is 4.94. The molecule has 0 unspecified atom stereocenters. The van der Waals surface area contributed by atoms with Gasteiger partial charge in [-0.05, 0) is 55.1 Å². The van der Waals surface area contributed by atoms with Crippen molar-refractivity contribution in [3.63, 3.8) is 0 Å². The molecule has 5 nitrogen and oxygen atoms in total. The Kier molecular flexibility index (Phi) is 5.62. The molecule has 28 heavy (non-hydrogen) atoms. The van der Waals surface area contributed by atoms with E-state index in [2.05, 4.69) is 26.9 Å². The number of hydrogen-bond donors (Lipinski definition) is 0. The van der Waals surface area contributed by atoms with Crippen molar-refractivity contribution in [1.29, 1.82) is 0 Å². The molecular formula is C23H29N3O2. The van der Waals surface area contributed by atoms with Crippen LogP contribution in [0.25, 0.3) is 0 Å². The molecule has 148 valence electrons. The summed E-state index contributed by atoms with van der Waals surface area (Å²) in [7, 11) is 1.70. The fourth-order valence-corrected chi connectivity index (χ4v) is 4.69. The first kappa shape index (κ1) is 18.9. The Hall–Kier alpha value is -2.40. The predicted molar refractivity (Wildman–Crippen MR) is 109 cm³/mol. The number of likely N-dealkylation sites (tertiary alicyclic amines) is 2. The van der Waals surface area contributed by atoms with Gasteiger partial charge < -0.3 is 9.64 Å². The summed E-state index contributed by atoms with van der Waals surface area (Å²) in [5, 5.41) is 0. The molecule has 0 radical (unpaired) electrons. The topological polar surface area (TPSA) is 45.7 Å². The predicted octanol–water partition coefficient (Wildman–Crippen LogP) is 3.15. The Morgan fingerprint density at radius 3 is 2.71 bits per heavy atom. The van der Waals surface area contributed by atoms with E-state index in [9.17, 15) is 4.79 Å². The number of carbonyl (C=O) groups excluding carboxylic acids is 1. The first-order valence-corrected chi connectivity index (χ1v) is 10.2. The summed E-state index contributed by atoms with van der Waals surface area (Å²) < 4.78 is 5.25. The minimum atomic E-state index is 0.237. The number of methoxy groups -OCH3 is 1. The molecule has 2 aromatic rings. The summed E-state index contributed by atoms with van der Waals surface area (Å²) in [6, 6.07) is 12.2. The third kappa shape index (κ3) is 4.36. The second-order valence-electron chi connectivity index (χ2n) is 8.27. The van der Waals surface area contributed by atoms with E-state index in [0.717, 1.165) is 50.5 Å². The van der Waals surface area contributed by atoms with E-state index in [4.69, 9.17) is 4.74 Å². The summed E-state index contributed by atoms with van der Waals surface area (Å²) in [5.74, 6) is 1.14. The standard InChI is InChI=1S/C23H29N3O2/c1-28-21-7-5-19(6-8-21)16-25-13-10-23(17-25)9-3-12-26(18-23)22(27)14-20-4-2-11-24-15-20/h2,4-8,11,15H,3,9-10,12-14,16-18H2,1H3/t23-/m1/s1. The van der Waals surface area contributed by atoms with Gasteiger partial charge in [-0.25, -0.2) is 0 Å². The number of hydrogen-bond acceptors (Lipinski definition) is 4. The van der Waals surface area contributed by atoms with E-state index in [1.165, 1.54) is 18.4 Å². The number of nitrogens with zero attached hydrogens (tertiary/aromatic N) is 3. The molecule has 2 fully saturated rings. The number of rotatable bonds is 5. The van der Waals surface area contributed by atoms with Crippen molar-refractivity contribution >= 4 is 5.91 Å². The Morgan fingerprint density at radius 1 is 1.11 bits per heavy atom. The molecule has 1 aromatic heterocycles.